The first-order valence-electron chi connectivity index (χ1n) is 10.3. The molecule has 0 spiro atoms. The number of esters is 1. The maximum atomic E-state index is 12.2. The Hall–Kier alpha value is -2.68. The molecule has 3 nitrogen and oxygen atoms in total. The van der Waals surface area contributed by atoms with E-state index in [9.17, 15) is 4.79 Å². The minimum atomic E-state index is -0.391. The number of benzene rings is 2. The molecule has 2 aromatic carbocycles. The molecule has 3 heteroatoms. The number of hydrogen-bond donors (Lipinski definition) is 0. The molecule has 1 aliphatic heterocycles. The molecular weight excluding hydrogens is 346 g/mol. The summed E-state index contributed by atoms with van der Waals surface area (Å²) in [6.07, 6.45) is 8.29. The van der Waals surface area contributed by atoms with Gasteiger partial charge in [0, 0.05) is 5.56 Å². The Labute approximate surface area is 167 Å². The van der Waals surface area contributed by atoms with E-state index in [1.165, 1.54) is 43.2 Å². The van der Waals surface area contributed by atoms with Gasteiger partial charge in [0.25, 0.3) is 0 Å². The topological polar surface area (TPSA) is 38.7 Å². The first kappa shape index (κ1) is 18.7. The van der Waals surface area contributed by atoms with E-state index in [4.69, 9.17) is 4.74 Å². The molecule has 1 heterocycles. The largest absolute Gasteiger partial charge is 0.402 e. The lowest BCUT2D eigenvalue weighted by Crippen LogP contribution is -2.13. The van der Waals surface area contributed by atoms with Crippen LogP contribution in [0.15, 0.2) is 59.2 Å². The van der Waals surface area contributed by atoms with Gasteiger partial charge in [-0.15, -0.1) is 0 Å². The van der Waals surface area contributed by atoms with Crippen LogP contribution in [0.2, 0.25) is 0 Å². The fourth-order valence-electron chi connectivity index (χ4n) is 4.16. The lowest BCUT2D eigenvalue weighted by atomic mass is 9.78. The number of carbonyl (C=O) groups excluding carboxylic acids is 1. The van der Waals surface area contributed by atoms with Crippen molar-refractivity contribution >= 4 is 17.9 Å². The molecule has 0 aromatic heterocycles. The van der Waals surface area contributed by atoms with Gasteiger partial charge in [0.1, 0.15) is 0 Å². The van der Waals surface area contributed by atoms with Gasteiger partial charge in [-0.3, -0.25) is 0 Å². The molecule has 2 aliphatic rings. The first-order chi connectivity index (χ1) is 13.6. The number of carbonyl (C=O) groups is 1. The summed E-state index contributed by atoms with van der Waals surface area (Å²) in [6, 6.07) is 16.4. The molecule has 0 N–H and O–H groups in total. The number of aryl methyl sites for hydroxylation is 1. The Morgan fingerprint density at radius 1 is 1.00 bits per heavy atom. The molecule has 0 saturated heterocycles. The molecule has 0 bridgehead atoms. The smallest absolute Gasteiger partial charge is 0.363 e. The Morgan fingerprint density at radius 2 is 1.68 bits per heavy atom. The number of ether oxygens (including phenoxy) is 1. The molecule has 0 radical (unpaired) electrons. The van der Waals surface area contributed by atoms with Gasteiger partial charge in [-0.1, -0.05) is 55.3 Å². The number of nitrogens with zero attached hydrogens (tertiary/aromatic N) is 1. The minimum Gasteiger partial charge on any atom is -0.402 e. The van der Waals surface area contributed by atoms with Crippen LogP contribution in [0.3, 0.4) is 0 Å². The maximum Gasteiger partial charge on any atom is 0.363 e. The Balaban J connectivity index is 1.48. The third kappa shape index (κ3) is 4.09. The summed E-state index contributed by atoms with van der Waals surface area (Å²) in [6.45, 7) is 4.33. The van der Waals surface area contributed by atoms with Gasteiger partial charge in [-0.2, -0.15) is 0 Å². The molecule has 28 heavy (non-hydrogen) atoms. The van der Waals surface area contributed by atoms with Crippen molar-refractivity contribution < 1.29 is 9.53 Å². The van der Waals surface area contributed by atoms with E-state index in [0.717, 1.165) is 17.0 Å². The third-order valence-corrected chi connectivity index (χ3v) is 6.05. The van der Waals surface area contributed by atoms with Crippen LogP contribution in [0.1, 0.15) is 67.2 Å². The standard InChI is InChI=1S/C25H27NO2/c1-3-18-8-10-20(11-9-18)21-12-14-22(15-13-21)24-26-23(25(27)28-24)16-19-6-4-17(2)5-7-19/h4-7,12-16,18,20H,3,8-11H2,1-2H3. The summed E-state index contributed by atoms with van der Waals surface area (Å²) in [4.78, 5) is 16.6. The van der Waals surface area contributed by atoms with Crippen molar-refractivity contribution in [1.82, 2.24) is 0 Å². The van der Waals surface area contributed by atoms with Gasteiger partial charge in [-0.05, 0) is 73.8 Å². The lowest BCUT2D eigenvalue weighted by molar-refractivity contribution is -0.129. The molecule has 0 atom stereocenters. The average molecular weight is 373 g/mol. The van der Waals surface area contributed by atoms with Gasteiger partial charge < -0.3 is 4.74 Å². The highest BCUT2D eigenvalue weighted by Crippen LogP contribution is 2.37. The van der Waals surface area contributed by atoms with E-state index in [-0.39, 0.29) is 0 Å². The van der Waals surface area contributed by atoms with Crippen LogP contribution in [0, 0.1) is 12.8 Å². The van der Waals surface area contributed by atoms with E-state index in [2.05, 4.69) is 24.0 Å². The average Bonchev–Trinajstić information content (AvgIpc) is 3.10. The summed E-state index contributed by atoms with van der Waals surface area (Å²) >= 11 is 0. The summed E-state index contributed by atoms with van der Waals surface area (Å²) in [5, 5.41) is 0. The molecule has 144 valence electrons. The maximum absolute atomic E-state index is 12.2. The predicted octanol–water partition coefficient (Wildman–Crippen LogP) is 6.02. The molecule has 1 saturated carbocycles. The lowest BCUT2D eigenvalue weighted by Gasteiger charge is -2.28. The third-order valence-electron chi connectivity index (χ3n) is 6.05. The van der Waals surface area contributed by atoms with Crippen LogP contribution in [-0.4, -0.2) is 11.9 Å². The van der Waals surface area contributed by atoms with Crippen molar-refractivity contribution in [3.05, 3.63) is 76.5 Å². The zero-order chi connectivity index (χ0) is 19.5. The molecule has 2 aromatic rings. The molecule has 0 unspecified atom stereocenters. The molecular formula is C25H27NO2. The van der Waals surface area contributed by atoms with Crippen molar-refractivity contribution in [3.63, 3.8) is 0 Å². The van der Waals surface area contributed by atoms with Crippen LogP contribution < -0.4 is 0 Å². The summed E-state index contributed by atoms with van der Waals surface area (Å²) < 4.78 is 5.41. The van der Waals surface area contributed by atoms with Gasteiger partial charge in [0.05, 0.1) is 0 Å². The fourth-order valence-corrected chi connectivity index (χ4v) is 4.16. The molecule has 0 amide bonds. The van der Waals surface area contributed by atoms with Crippen molar-refractivity contribution in [2.75, 3.05) is 0 Å². The minimum absolute atomic E-state index is 0.348. The number of cyclic esters (lactones) is 1. The summed E-state index contributed by atoms with van der Waals surface area (Å²) in [5.74, 6) is 1.56. The number of aliphatic imine (C=N–C) groups is 1. The second-order valence-electron chi connectivity index (χ2n) is 7.99. The number of rotatable bonds is 4. The Morgan fingerprint density at radius 3 is 2.32 bits per heavy atom. The van der Waals surface area contributed by atoms with Gasteiger partial charge in [0.15, 0.2) is 5.70 Å². The molecule has 1 aliphatic carbocycles. The zero-order valence-electron chi connectivity index (χ0n) is 16.7. The van der Waals surface area contributed by atoms with Crippen LogP contribution in [-0.2, 0) is 9.53 Å². The Kier molecular flexibility index (Phi) is 5.43. The highest BCUT2D eigenvalue weighted by molar-refractivity contribution is 6.12. The monoisotopic (exact) mass is 373 g/mol. The Bertz CT molecular complexity index is 899. The first-order valence-corrected chi connectivity index (χ1v) is 10.3. The van der Waals surface area contributed by atoms with E-state index in [0.29, 0.717) is 17.5 Å². The molecule has 4 rings (SSSR count). The van der Waals surface area contributed by atoms with Crippen LogP contribution in [0.5, 0.6) is 0 Å². The summed E-state index contributed by atoms with van der Waals surface area (Å²) in [5.41, 5.74) is 4.72. The van der Waals surface area contributed by atoms with E-state index >= 15 is 0 Å². The fraction of sp³-hybridized carbons (Fsp3) is 0.360. The van der Waals surface area contributed by atoms with Crippen molar-refractivity contribution in [3.8, 4) is 0 Å². The normalized spacial score (nSPS) is 23.6. The highest BCUT2D eigenvalue weighted by Gasteiger charge is 2.25. The van der Waals surface area contributed by atoms with E-state index in [1.807, 2.05) is 43.3 Å². The van der Waals surface area contributed by atoms with Gasteiger partial charge in [0.2, 0.25) is 5.90 Å². The van der Waals surface area contributed by atoms with Crippen molar-refractivity contribution in [2.45, 2.75) is 51.9 Å². The van der Waals surface area contributed by atoms with Crippen LogP contribution in [0.4, 0.5) is 0 Å². The van der Waals surface area contributed by atoms with Gasteiger partial charge >= 0.3 is 5.97 Å². The van der Waals surface area contributed by atoms with Crippen LogP contribution in [0.25, 0.3) is 6.08 Å². The van der Waals surface area contributed by atoms with Crippen molar-refractivity contribution in [2.24, 2.45) is 10.9 Å². The quantitative estimate of drug-likeness (QED) is 0.485. The molecule has 1 fully saturated rings. The van der Waals surface area contributed by atoms with E-state index < -0.39 is 5.97 Å². The number of hydrogen-bond acceptors (Lipinski definition) is 3. The second-order valence-corrected chi connectivity index (χ2v) is 7.99. The zero-order valence-corrected chi connectivity index (χ0v) is 16.7. The SMILES string of the molecule is CCC1CCC(c2ccc(C3=NC(=Cc4ccc(C)cc4)C(=O)O3)cc2)CC1. The summed E-state index contributed by atoms with van der Waals surface area (Å²) in [7, 11) is 0. The predicted molar refractivity (Wildman–Crippen MR) is 113 cm³/mol. The van der Waals surface area contributed by atoms with Crippen molar-refractivity contribution in [1.29, 1.82) is 0 Å². The second kappa shape index (κ2) is 8.14. The van der Waals surface area contributed by atoms with Crippen LogP contribution >= 0.6 is 0 Å². The van der Waals surface area contributed by atoms with E-state index in [1.54, 1.807) is 6.08 Å². The highest BCUT2D eigenvalue weighted by atomic mass is 16.6. The van der Waals surface area contributed by atoms with Gasteiger partial charge in [-0.25, -0.2) is 9.79 Å².